The zero-order valence-corrected chi connectivity index (χ0v) is 10.7. The smallest absolute Gasteiger partial charge is 0.339 e. The highest BCUT2D eigenvalue weighted by Gasteiger charge is 2.29. The van der Waals surface area contributed by atoms with Crippen molar-refractivity contribution in [3.05, 3.63) is 18.0 Å². The third-order valence-electron chi connectivity index (χ3n) is 3.06. The quantitative estimate of drug-likeness (QED) is 0.914. The minimum atomic E-state index is -4.16. The lowest BCUT2D eigenvalue weighted by Crippen LogP contribution is -2.48. The van der Waals surface area contributed by atoms with Gasteiger partial charge in [0.25, 0.3) is 0 Å². The van der Waals surface area contributed by atoms with Crippen molar-refractivity contribution >= 4 is 5.95 Å². The predicted octanol–water partition coefficient (Wildman–Crippen LogP) is 1.91. The number of nitrogens with zero attached hydrogens (tertiary/aromatic N) is 3. The average Bonchev–Trinajstić information content (AvgIpc) is 2.37. The lowest BCUT2D eigenvalue weighted by Gasteiger charge is -2.33. The number of alkyl halides is 3. The molecule has 0 aromatic carbocycles. The first-order valence-electron chi connectivity index (χ1n) is 6.28. The zero-order chi connectivity index (χ0) is 13.9. The van der Waals surface area contributed by atoms with E-state index < -0.39 is 12.7 Å². The molecule has 1 aromatic rings. The summed E-state index contributed by atoms with van der Waals surface area (Å²) in [6.45, 7) is 2.25. The molecule has 1 fully saturated rings. The summed E-state index contributed by atoms with van der Waals surface area (Å²) in [5, 5.41) is 2.55. The number of anilines is 1. The second kappa shape index (κ2) is 5.73. The number of nitrogens with one attached hydrogen (secondary N) is 1. The molecule has 7 heteroatoms. The van der Waals surface area contributed by atoms with E-state index in [4.69, 9.17) is 0 Å². The van der Waals surface area contributed by atoms with E-state index in [1.165, 1.54) is 0 Å². The summed E-state index contributed by atoms with van der Waals surface area (Å²) in [4.78, 5) is 10.3. The van der Waals surface area contributed by atoms with Gasteiger partial charge in [0.15, 0.2) is 0 Å². The summed E-state index contributed by atoms with van der Waals surface area (Å²) in [5.41, 5.74) is 0.965. The molecule has 1 atom stereocenters. The number of piperidine rings is 1. The number of aromatic nitrogens is 2. The fourth-order valence-electron chi connectivity index (χ4n) is 2.13. The maximum atomic E-state index is 12.2. The molecule has 0 radical (unpaired) electrons. The summed E-state index contributed by atoms with van der Waals surface area (Å²) in [5.74, 6) is 0.587. The van der Waals surface area contributed by atoms with E-state index in [0.29, 0.717) is 12.5 Å². The summed E-state index contributed by atoms with van der Waals surface area (Å²) in [6, 6.07) is -0.166. The molecule has 1 aliphatic heterocycles. The van der Waals surface area contributed by atoms with Crippen LogP contribution in [0.15, 0.2) is 12.4 Å². The van der Waals surface area contributed by atoms with Gasteiger partial charge in [-0.1, -0.05) is 0 Å². The Morgan fingerprint density at radius 1 is 1.37 bits per heavy atom. The number of rotatable bonds is 3. The average molecular weight is 274 g/mol. The SMILES string of the molecule is Cc1cnc(N2CCCC(NCC(F)(F)F)C2)nc1. The fraction of sp³-hybridized carbons (Fsp3) is 0.667. The number of hydrogen-bond donors (Lipinski definition) is 1. The largest absolute Gasteiger partial charge is 0.401 e. The second-order valence-electron chi connectivity index (χ2n) is 4.84. The highest BCUT2D eigenvalue weighted by molar-refractivity contribution is 5.30. The van der Waals surface area contributed by atoms with Crippen molar-refractivity contribution in [1.29, 1.82) is 0 Å². The van der Waals surface area contributed by atoms with Crippen LogP contribution in [0, 0.1) is 6.92 Å². The van der Waals surface area contributed by atoms with Crippen LogP contribution in [0.5, 0.6) is 0 Å². The van der Waals surface area contributed by atoms with E-state index in [1.54, 1.807) is 12.4 Å². The minimum Gasteiger partial charge on any atom is -0.339 e. The summed E-state index contributed by atoms with van der Waals surface area (Å²) in [6.07, 6.45) is 0.859. The Balaban J connectivity index is 1.91. The van der Waals surface area contributed by atoms with Crippen LogP contribution >= 0.6 is 0 Å². The molecule has 0 bridgehead atoms. The van der Waals surface area contributed by atoms with E-state index in [2.05, 4.69) is 15.3 Å². The van der Waals surface area contributed by atoms with Crippen molar-refractivity contribution in [2.75, 3.05) is 24.5 Å². The number of aryl methyl sites for hydroxylation is 1. The molecule has 0 spiro atoms. The highest BCUT2D eigenvalue weighted by Crippen LogP contribution is 2.18. The first-order valence-corrected chi connectivity index (χ1v) is 6.28. The summed E-state index contributed by atoms with van der Waals surface area (Å²) >= 11 is 0. The van der Waals surface area contributed by atoms with E-state index in [0.717, 1.165) is 24.9 Å². The molecular formula is C12H17F3N4. The third-order valence-corrected chi connectivity index (χ3v) is 3.06. The van der Waals surface area contributed by atoms with Gasteiger partial charge in [0.05, 0.1) is 6.54 Å². The van der Waals surface area contributed by atoms with Gasteiger partial charge in [-0.2, -0.15) is 13.2 Å². The summed E-state index contributed by atoms with van der Waals surface area (Å²) in [7, 11) is 0. The molecule has 1 N–H and O–H groups in total. The van der Waals surface area contributed by atoms with Crippen molar-refractivity contribution in [2.45, 2.75) is 32.0 Å². The van der Waals surface area contributed by atoms with Gasteiger partial charge in [-0.15, -0.1) is 0 Å². The first kappa shape index (κ1) is 14.0. The van der Waals surface area contributed by atoms with Crippen molar-refractivity contribution in [2.24, 2.45) is 0 Å². The van der Waals surface area contributed by atoms with Crippen LogP contribution in [-0.4, -0.2) is 41.8 Å². The normalized spacial score (nSPS) is 20.6. The molecule has 4 nitrogen and oxygen atoms in total. The van der Waals surface area contributed by atoms with E-state index in [9.17, 15) is 13.2 Å². The van der Waals surface area contributed by atoms with Gasteiger partial charge in [0.1, 0.15) is 0 Å². The van der Waals surface area contributed by atoms with Crippen molar-refractivity contribution < 1.29 is 13.2 Å². The molecule has 1 aliphatic rings. The molecule has 1 saturated heterocycles. The standard InChI is InChI=1S/C12H17F3N4/c1-9-5-16-11(17-6-9)19-4-2-3-10(7-19)18-8-12(13,14)15/h5-6,10,18H,2-4,7-8H2,1H3. The number of halogens is 3. The Morgan fingerprint density at radius 3 is 2.68 bits per heavy atom. The molecule has 2 rings (SSSR count). The molecule has 0 amide bonds. The zero-order valence-electron chi connectivity index (χ0n) is 10.7. The highest BCUT2D eigenvalue weighted by atomic mass is 19.4. The molecule has 0 saturated carbocycles. The van der Waals surface area contributed by atoms with Crippen LogP contribution in [0.1, 0.15) is 18.4 Å². The fourth-order valence-corrected chi connectivity index (χ4v) is 2.13. The van der Waals surface area contributed by atoms with Crippen molar-refractivity contribution in [1.82, 2.24) is 15.3 Å². The Hall–Kier alpha value is -1.37. The third kappa shape index (κ3) is 4.34. The lowest BCUT2D eigenvalue weighted by atomic mass is 10.1. The van der Waals surface area contributed by atoms with Crippen LogP contribution < -0.4 is 10.2 Å². The Bertz CT molecular complexity index is 404. The monoisotopic (exact) mass is 274 g/mol. The van der Waals surface area contributed by atoms with Crippen LogP contribution in [-0.2, 0) is 0 Å². The van der Waals surface area contributed by atoms with Gasteiger partial charge in [0, 0.05) is 31.5 Å². The van der Waals surface area contributed by atoms with Crippen molar-refractivity contribution in [3.63, 3.8) is 0 Å². The van der Waals surface area contributed by atoms with Crippen molar-refractivity contribution in [3.8, 4) is 0 Å². The first-order chi connectivity index (χ1) is 8.94. The lowest BCUT2D eigenvalue weighted by molar-refractivity contribution is -0.126. The Morgan fingerprint density at radius 2 is 2.05 bits per heavy atom. The van der Waals surface area contributed by atoms with Gasteiger partial charge >= 0.3 is 6.18 Å². The van der Waals surface area contributed by atoms with Crippen LogP contribution in [0.25, 0.3) is 0 Å². The topological polar surface area (TPSA) is 41.1 Å². The van der Waals surface area contributed by atoms with E-state index in [-0.39, 0.29) is 6.04 Å². The van der Waals surface area contributed by atoms with Gasteiger partial charge in [-0.25, -0.2) is 9.97 Å². The number of hydrogen-bond acceptors (Lipinski definition) is 4. The molecule has 106 valence electrons. The molecule has 0 aliphatic carbocycles. The molecule has 19 heavy (non-hydrogen) atoms. The van der Waals surface area contributed by atoms with Crippen LogP contribution in [0.2, 0.25) is 0 Å². The van der Waals surface area contributed by atoms with Gasteiger partial charge in [0.2, 0.25) is 5.95 Å². The Kier molecular flexibility index (Phi) is 4.24. The molecule has 1 aromatic heterocycles. The summed E-state index contributed by atoms with van der Waals surface area (Å²) < 4.78 is 36.5. The maximum absolute atomic E-state index is 12.2. The van der Waals surface area contributed by atoms with Gasteiger partial charge < -0.3 is 10.2 Å². The second-order valence-corrected chi connectivity index (χ2v) is 4.84. The Labute approximate surface area is 110 Å². The minimum absolute atomic E-state index is 0.166. The predicted molar refractivity (Wildman–Crippen MR) is 66.1 cm³/mol. The molecular weight excluding hydrogens is 257 g/mol. The van der Waals surface area contributed by atoms with Crippen LogP contribution in [0.4, 0.5) is 19.1 Å². The van der Waals surface area contributed by atoms with E-state index in [1.807, 2.05) is 11.8 Å². The maximum Gasteiger partial charge on any atom is 0.401 e. The van der Waals surface area contributed by atoms with Gasteiger partial charge in [-0.05, 0) is 25.3 Å². The van der Waals surface area contributed by atoms with Crippen LogP contribution in [0.3, 0.4) is 0 Å². The van der Waals surface area contributed by atoms with Gasteiger partial charge in [-0.3, -0.25) is 0 Å². The molecule has 2 heterocycles. The van der Waals surface area contributed by atoms with E-state index >= 15 is 0 Å². The molecule has 1 unspecified atom stereocenters.